The largest absolute Gasteiger partial charge is 0.354 e. The Morgan fingerprint density at radius 2 is 1.50 bits per heavy atom. The lowest BCUT2D eigenvalue weighted by Crippen LogP contribution is -2.52. The van der Waals surface area contributed by atoms with Crippen LogP contribution in [0.3, 0.4) is 0 Å². The molecule has 0 heterocycles. The van der Waals surface area contributed by atoms with Gasteiger partial charge in [-0.25, -0.2) is 12.8 Å². The summed E-state index contributed by atoms with van der Waals surface area (Å²) in [5.41, 5.74) is 0.536. The third kappa shape index (κ3) is 7.19. The van der Waals surface area contributed by atoms with Gasteiger partial charge in [0.05, 0.1) is 10.6 Å². The van der Waals surface area contributed by atoms with Crippen molar-refractivity contribution < 1.29 is 22.4 Å². The molecule has 7 nitrogen and oxygen atoms in total. The number of halogens is 1. The zero-order valence-electron chi connectivity index (χ0n) is 21.7. The van der Waals surface area contributed by atoms with Crippen molar-refractivity contribution in [2.45, 2.75) is 50.6 Å². The van der Waals surface area contributed by atoms with Crippen LogP contribution in [-0.4, -0.2) is 44.3 Å². The van der Waals surface area contributed by atoms with Gasteiger partial charge in [-0.1, -0.05) is 80.9 Å². The maximum absolute atomic E-state index is 14.9. The van der Waals surface area contributed by atoms with E-state index in [1.54, 1.807) is 25.1 Å². The van der Waals surface area contributed by atoms with Crippen LogP contribution in [0.1, 0.15) is 38.7 Å². The first-order valence-corrected chi connectivity index (χ1v) is 14.2. The first-order valence-electron chi connectivity index (χ1n) is 12.7. The van der Waals surface area contributed by atoms with Gasteiger partial charge in [0, 0.05) is 13.1 Å². The van der Waals surface area contributed by atoms with Gasteiger partial charge >= 0.3 is 0 Å². The number of nitrogens with zero attached hydrogens (tertiary/aromatic N) is 2. The summed E-state index contributed by atoms with van der Waals surface area (Å²) in [7, 11) is -4.30. The zero-order chi connectivity index (χ0) is 27.5. The van der Waals surface area contributed by atoms with Crippen LogP contribution in [0, 0.1) is 5.82 Å². The summed E-state index contributed by atoms with van der Waals surface area (Å²) in [5.74, 6) is -1.71. The van der Waals surface area contributed by atoms with Crippen molar-refractivity contribution in [3.05, 3.63) is 96.3 Å². The van der Waals surface area contributed by atoms with E-state index in [1.807, 2.05) is 37.3 Å². The standard InChI is InChI=1S/C29H34FN3O4S/c1-3-5-20-31-29(35)26(4-2)32(21-23-14-8-6-9-15-23)28(34)22-33(27-19-13-12-18-25(27)30)38(36,37)24-16-10-7-11-17-24/h6-19,26H,3-5,20-22H2,1-2H3,(H,31,35). The molecule has 0 spiro atoms. The first kappa shape index (κ1) is 28.8. The lowest BCUT2D eigenvalue weighted by Gasteiger charge is -2.33. The molecular weight excluding hydrogens is 505 g/mol. The van der Waals surface area contributed by atoms with Crippen molar-refractivity contribution >= 4 is 27.5 Å². The summed E-state index contributed by atoms with van der Waals surface area (Å²) in [6.45, 7) is 3.70. The fourth-order valence-electron chi connectivity index (χ4n) is 4.09. The minimum atomic E-state index is -4.30. The van der Waals surface area contributed by atoms with Crippen LogP contribution in [0.25, 0.3) is 0 Å². The van der Waals surface area contributed by atoms with Gasteiger partial charge < -0.3 is 10.2 Å². The third-order valence-electron chi connectivity index (χ3n) is 6.14. The third-order valence-corrected chi connectivity index (χ3v) is 7.92. The van der Waals surface area contributed by atoms with Gasteiger partial charge in [-0.3, -0.25) is 13.9 Å². The highest BCUT2D eigenvalue weighted by atomic mass is 32.2. The Hall–Kier alpha value is -3.72. The fraction of sp³-hybridized carbons (Fsp3) is 0.310. The molecule has 202 valence electrons. The number of para-hydroxylation sites is 1. The number of sulfonamides is 1. The van der Waals surface area contributed by atoms with E-state index in [0.29, 0.717) is 13.0 Å². The van der Waals surface area contributed by atoms with E-state index >= 15 is 0 Å². The molecular formula is C29H34FN3O4S. The van der Waals surface area contributed by atoms with Crippen molar-refractivity contribution in [1.82, 2.24) is 10.2 Å². The first-order chi connectivity index (χ1) is 18.3. The van der Waals surface area contributed by atoms with Crippen LogP contribution in [-0.2, 0) is 26.2 Å². The Morgan fingerprint density at radius 1 is 0.895 bits per heavy atom. The number of amides is 2. The number of hydrogen-bond donors (Lipinski definition) is 1. The molecule has 3 rings (SSSR count). The Kier molecular flexibility index (Phi) is 10.4. The Morgan fingerprint density at radius 3 is 2.11 bits per heavy atom. The van der Waals surface area contributed by atoms with Crippen molar-refractivity contribution in [3.63, 3.8) is 0 Å². The number of carbonyl (C=O) groups is 2. The maximum atomic E-state index is 14.9. The molecule has 9 heteroatoms. The molecule has 0 bridgehead atoms. The van der Waals surface area contributed by atoms with Crippen molar-refractivity contribution in [2.75, 3.05) is 17.4 Å². The molecule has 0 aliphatic rings. The van der Waals surface area contributed by atoms with Gasteiger partial charge in [-0.15, -0.1) is 0 Å². The number of nitrogens with one attached hydrogen (secondary N) is 1. The number of benzene rings is 3. The Bertz CT molecular complexity index is 1300. The fourth-order valence-corrected chi connectivity index (χ4v) is 5.54. The summed E-state index contributed by atoms with van der Waals surface area (Å²) in [6.07, 6.45) is 2.02. The van der Waals surface area contributed by atoms with Crippen molar-refractivity contribution in [1.29, 1.82) is 0 Å². The quantitative estimate of drug-likeness (QED) is 0.318. The predicted octanol–water partition coefficient (Wildman–Crippen LogP) is 4.74. The smallest absolute Gasteiger partial charge is 0.264 e. The Labute approximate surface area is 224 Å². The number of anilines is 1. The van der Waals surface area contributed by atoms with Gasteiger partial charge in [0.15, 0.2) is 0 Å². The van der Waals surface area contributed by atoms with Crippen LogP contribution in [0.4, 0.5) is 10.1 Å². The van der Waals surface area contributed by atoms with Gasteiger partial charge in [0.25, 0.3) is 10.0 Å². The van der Waals surface area contributed by atoms with E-state index in [1.165, 1.54) is 35.2 Å². The van der Waals surface area contributed by atoms with Gasteiger partial charge in [0.2, 0.25) is 11.8 Å². The molecule has 0 aliphatic heterocycles. The summed E-state index contributed by atoms with van der Waals surface area (Å²) < 4.78 is 43.0. The van der Waals surface area contributed by atoms with Crippen molar-refractivity contribution in [2.24, 2.45) is 0 Å². The molecule has 1 N–H and O–H groups in total. The average Bonchev–Trinajstić information content (AvgIpc) is 2.93. The molecule has 1 atom stereocenters. The second-order valence-corrected chi connectivity index (χ2v) is 10.7. The monoisotopic (exact) mass is 539 g/mol. The second-order valence-electron chi connectivity index (χ2n) is 8.85. The lowest BCUT2D eigenvalue weighted by molar-refractivity contribution is -0.140. The minimum absolute atomic E-state index is 0.0741. The highest BCUT2D eigenvalue weighted by molar-refractivity contribution is 7.92. The van der Waals surface area contributed by atoms with Gasteiger partial charge in [0.1, 0.15) is 18.4 Å². The SMILES string of the molecule is CCCCNC(=O)C(CC)N(Cc1ccccc1)C(=O)CN(c1ccccc1F)S(=O)(=O)c1ccccc1. The number of hydrogen-bond acceptors (Lipinski definition) is 4. The lowest BCUT2D eigenvalue weighted by atomic mass is 10.1. The maximum Gasteiger partial charge on any atom is 0.264 e. The summed E-state index contributed by atoms with van der Waals surface area (Å²) in [6, 6.07) is 21.3. The molecule has 3 aromatic carbocycles. The number of rotatable bonds is 13. The van der Waals surface area contributed by atoms with Crippen LogP contribution in [0.5, 0.6) is 0 Å². The molecule has 0 aromatic heterocycles. The van der Waals surface area contributed by atoms with E-state index in [-0.39, 0.29) is 23.0 Å². The van der Waals surface area contributed by atoms with E-state index in [2.05, 4.69) is 5.32 Å². The normalized spacial score (nSPS) is 12.0. The highest BCUT2D eigenvalue weighted by Gasteiger charge is 2.34. The molecule has 2 amide bonds. The molecule has 0 saturated heterocycles. The number of carbonyl (C=O) groups excluding carboxylic acids is 2. The number of unbranched alkanes of at least 4 members (excludes halogenated alkanes) is 1. The Balaban J connectivity index is 2.02. The van der Waals surface area contributed by atoms with E-state index in [9.17, 15) is 22.4 Å². The predicted molar refractivity (Wildman–Crippen MR) is 146 cm³/mol. The second kappa shape index (κ2) is 13.7. The van der Waals surface area contributed by atoms with Gasteiger partial charge in [-0.2, -0.15) is 0 Å². The summed E-state index contributed by atoms with van der Waals surface area (Å²) in [4.78, 5) is 28.3. The van der Waals surface area contributed by atoms with Crippen LogP contribution >= 0.6 is 0 Å². The van der Waals surface area contributed by atoms with Crippen LogP contribution in [0.2, 0.25) is 0 Å². The van der Waals surface area contributed by atoms with Crippen LogP contribution in [0.15, 0.2) is 89.8 Å². The molecule has 0 radical (unpaired) electrons. The van der Waals surface area contributed by atoms with Gasteiger partial charge in [-0.05, 0) is 42.7 Å². The zero-order valence-corrected chi connectivity index (χ0v) is 22.5. The molecule has 1 unspecified atom stereocenters. The van der Waals surface area contributed by atoms with Crippen molar-refractivity contribution in [3.8, 4) is 0 Å². The topological polar surface area (TPSA) is 86.8 Å². The molecule has 38 heavy (non-hydrogen) atoms. The highest BCUT2D eigenvalue weighted by Crippen LogP contribution is 2.27. The van der Waals surface area contributed by atoms with E-state index in [4.69, 9.17) is 0 Å². The average molecular weight is 540 g/mol. The molecule has 3 aromatic rings. The molecule has 0 aliphatic carbocycles. The summed E-state index contributed by atoms with van der Waals surface area (Å²) in [5, 5.41) is 2.88. The van der Waals surface area contributed by atoms with E-state index < -0.39 is 34.3 Å². The summed E-state index contributed by atoms with van der Waals surface area (Å²) >= 11 is 0. The minimum Gasteiger partial charge on any atom is -0.354 e. The van der Waals surface area contributed by atoms with Crippen LogP contribution < -0.4 is 9.62 Å². The molecule has 0 fully saturated rings. The van der Waals surface area contributed by atoms with E-state index in [0.717, 1.165) is 28.8 Å². The molecule has 0 saturated carbocycles.